The van der Waals surface area contributed by atoms with Crippen LogP contribution in [0.15, 0.2) is 47.3 Å². The van der Waals surface area contributed by atoms with Crippen molar-refractivity contribution in [3.05, 3.63) is 58.3 Å². The number of aliphatic carboxylic acids is 2. The average molecular weight is 634 g/mol. The largest absolute Gasteiger partial charge is 0.496 e. The minimum atomic E-state index is -1.23. The van der Waals surface area contributed by atoms with Crippen LogP contribution in [0.25, 0.3) is 32.6 Å². The van der Waals surface area contributed by atoms with Crippen molar-refractivity contribution in [2.75, 3.05) is 7.11 Å². The normalized spacial score (nSPS) is 18.4. The number of carbonyl (C=O) groups is 4. The van der Waals surface area contributed by atoms with Crippen molar-refractivity contribution in [1.82, 2.24) is 4.57 Å². The highest BCUT2D eigenvalue weighted by Gasteiger charge is 2.49. The number of benzene rings is 3. The van der Waals surface area contributed by atoms with Gasteiger partial charge in [0.2, 0.25) is 5.43 Å². The molecule has 12 heteroatoms. The van der Waals surface area contributed by atoms with Gasteiger partial charge in [-0.1, -0.05) is 24.3 Å². The lowest BCUT2D eigenvalue weighted by atomic mass is 9.85. The molecule has 0 amide bonds. The lowest BCUT2D eigenvalue weighted by Crippen LogP contribution is -2.53. The van der Waals surface area contributed by atoms with Crippen LogP contribution in [-0.4, -0.2) is 70.3 Å². The van der Waals surface area contributed by atoms with E-state index in [9.17, 15) is 34.2 Å². The Morgan fingerprint density at radius 1 is 0.978 bits per heavy atom. The fraction of sp³-hybridized carbons (Fsp3) is 0.382. The number of methoxy groups -OCH3 is 1. The van der Waals surface area contributed by atoms with E-state index in [1.165, 1.54) is 7.11 Å². The molecular formula is C34H35NO11. The fourth-order valence-electron chi connectivity index (χ4n) is 6.14. The number of nitrogens with zero attached hydrogens (tertiary/aromatic N) is 1. The lowest BCUT2D eigenvalue weighted by Gasteiger charge is -2.46. The third kappa shape index (κ3) is 6.05. The maximum atomic E-state index is 14.3. The minimum Gasteiger partial charge on any atom is -0.496 e. The van der Waals surface area contributed by atoms with Crippen molar-refractivity contribution in [2.45, 2.75) is 69.5 Å². The highest BCUT2D eigenvalue weighted by Crippen LogP contribution is 2.49. The zero-order valence-corrected chi connectivity index (χ0v) is 25.8. The first kappa shape index (κ1) is 32.6. The van der Waals surface area contributed by atoms with Gasteiger partial charge in [-0.3, -0.25) is 14.4 Å². The molecule has 3 aromatic carbocycles. The second-order valence-corrected chi connectivity index (χ2v) is 11.9. The predicted octanol–water partition coefficient (Wildman–Crippen LogP) is 4.33. The highest BCUT2D eigenvalue weighted by atomic mass is 16.6. The molecule has 0 saturated carbocycles. The Morgan fingerprint density at radius 3 is 2.13 bits per heavy atom. The first-order valence-electron chi connectivity index (χ1n) is 14.8. The van der Waals surface area contributed by atoms with Crippen LogP contribution >= 0.6 is 0 Å². The zero-order chi connectivity index (χ0) is 33.3. The quantitative estimate of drug-likeness (QED) is 0.159. The van der Waals surface area contributed by atoms with Crippen molar-refractivity contribution < 1.29 is 48.3 Å². The van der Waals surface area contributed by atoms with Gasteiger partial charge in [0, 0.05) is 31.3 Å². The van der Waals surface area contributed by atoms with Crippen LogP contribution < -0.4 is 14.9 Å². The van der Waals surface area contributed by atoms with E-state index in [1.54, 1.807) is 27.0 Å². The van der Waals surface area contributed by atoms with Gasteiger partial charge in [0.15, 0.2) is 0 Å². The van der Waals surface area contributed by atoms with Gasteiger partial charge in [0.25, 0.3) is 0 Å². The molecule has 2 heterocycles. The summed E-state index contributed by atoms with van der Waals surface area (Å²) in [6.45, 7) is 3.37. The molecule has 0 saturated heterocycles. The van der Waals surface area contributed by atoms with E-state index in [4.69, 9.17) is 18.9 Å². The number of carboxylic acids is 2. The van der Waals surface area contributed by atoms with Crippen LogP contribution in [0.3, 0.4) is 0 Å². The van der Waals surface area contributed by atoms with Gasteiger partial charge in [0.1, 0.15) is 54.1 Å². The Labute approximate surface area is 263 Å². The lowest BCUT2D eigenvalue weighted by molar-refractivity contribution is -0.193. The number of aromatic nitrogens is 1. The molecule has 46 heavy (non-hydrogen) atoms. The summed E-state index contributed by atoms with van der Waals surface area (Å²) in [6.07, 6.45) is -4.68. The number of hydrogen-bond acceptors (Lipinski definition) is 9. The van der Waals surface area contributed by atoms with Crippen molar-refractivity contribution in [3.63, 3.8) is 0 Å². The van der Waals surface area contributed by atoms with Crippen molar-refractivity contribution in [1.29, 1.82) is 0 Å². The van der Waals surface area contributed by atoms with Crippen molar-refractivity contribution in [2.24, 2.45) is 7.05 Å². The Balaban J connectivity index is 1.81. The number of aldehydes is 2. The summed E-state index contributed by atoms with van der Waals surface area (Å²) < 4.78 is 26.6. The van der Waals surface area contributed by atoms with E-state index in [1.807, 2.05) is 41.0 Å². The second kappa shape index (κ2) is 12.9. The molecule has 0 fully saturated rings. The molecule has 0 spiro atoms. The average Bonchev–Trinajstić information content (AvgIpc) is 3.02. The van der Waals surface area contributed by atoms with E-state index in [0.717, 1.165) is 10.8 Å². The Morgan fingerprint density at radius 2 is 1.57 bits per heavy atom. The van der Waals surface area contributed by atoms with E-state index >= 15 is 0 Å². The summed E-state index contributed by atoms with van der Waals surface area (Å²) in [7, 11) is 3.21. The molecule has 0 radical (unpaired) electrons. The molecule has 4 atom stereocenters. The predicted molar refractivity (Wildman–Crippen MR) is 168 cm³/mol. The van der Waals surface area contributed by atoms with Gasteiger partial charge in [-0.2, -0.15) is 0 Å². The fourth-order valence-corrected chi connectivity index (χ4v) is 6.14. The molecule has 0 aliphatic carbocycles. The number of hydrogen-bond donors (Lipinski definition) is 2. The maximum Gasteiger partial charge on any atom is 0.303 e. The Hall–Kier alpha value is -4.81. The van der Waals surface area contributed by atoms with Gasteiger partial charge in [-0.15, -0.1) is 0 Å². The van der Waals surface area contributed by atoms with Gasteiger partial charge >= 0.3 is 11.9 Å². The molecule has 1 aliphatic heterocycles. The van der Waals surface area contributed by atoms with Crippen LogP contribution in [0, 0.1) is 0 Å². The molecule has 1 aromatic heterocycles. The van der Waals surface area contributed by atoms with Crippen LogP contribution in [0.5, 0.6) is 11.5 Å². The van der Waals surface area contributed by atoms with Gasteiger partial charge in [-0.25, -0.2) is 0 Å². The molecule has 1 aliphatic rings. The first-order chi connectivity index (χ1) is 21.9. The van der Waals surface area contributed by atoms with Crippen LogP contribution in [-0.2, 0) is 35.7 Å². The summed E-state index contributed by atoms with van der Waals surface area (Å²) >= 11 is 0. The Bertz CT molecular complexity index is 1910. The summed E-state index contributed by atoms with van der Waals surface area (Å²) in [6, 6.07) is 12.9. The number of rotatable bonds is 13. The van der Waals surface area contributed by atoms with Crippen molar-refractivity contribution >= 4 is 57.1 Å². The summed E-state index contributed by atoms with van der Waals surface area (Å²) in [5, 5.41) is 21.0. The molecule has 2 unspecified atom stereocenters. The Kier molecular flexibility index (Phi) is 9.13. The highest BCUT2D eigenvalue weighted by molar-refractivity contribution is 6.04. The molecule has 4 aromatic rings. The standard InChI is InChI=1S/C34H35NO11/c1-34(2)33(45-21(17-37)10-12-27(40)41)32(44-20(16-36)9-11-26(38)39)29-25(46-34)15-24(43-4)28-30(29)35(3)23-14-19-8-6-5-7-18(19)13-22(23)31(28)42/h5-8,13-17,20-21,32-33H,9-12H2,1-4H3,(H,38,39)(H,40,41)/t20?,21?,32-,33-/m0/s1. The third-order valence-electron chi connectivity index (χ3n) is 8.37. The number of pyridine rings is 1. The monoisotopic (exact) mass is 633 g/mol. The van der Waals surface area contributed by atoms with Crippen LogP contribution in [0.4, 0.5) is 0 Å². The zero-order valence-electron chi connectivity index (χ0n) is 25.8. The number of aryl methyl sites for hydroxylation is 1. The minimum absolute atomic E-state index is 0.138. The van der Waals surface area contributed by atoms with E-state index < -0.39 is 42.0 Å². The van der Waals surface area contributed by atoms with Gasteiger partial charge < -0.3 is 43.3 Å². The van der Waals surface area contributed by atoms with E-state index in [-0.39, 0.29) is 48.0 Å². The third-order valence-corrected chi connectivity index (χ3v) is 8.37. The van der Waals surface area contributed by atoms with E-state index in [2.05, 4.69) is 0 Å². The van der Waals surface area contributed by atoms with Crippen LogP contribution in [0.2, 0.25) is 0 Å². The summed E-state index contributed by atoms with van der Waals surface area (Å²) in [5.74, 6) is -1.73. The smallest absolute Gasteiger partial charge is 0.303 e. The molecular weight excluding hydrogens is 598 g/mol. The molecule has 0 bridgehead atoms. The summed E-state index contributed by atoms with van der Waals surface area (Å²) in [4.78, 5) is 61.2. The molecule has 12 nitrogen and oxygen atoms in total. The number of fused-ring (bicyclic) bond motifs is 5. The number of carboxylic acid groups (broad SMARTS) is 2. The molecule has 5 rings (SSSR count). The van der Waals surface area contributed by atoms with E-state index in [0.29, 0.717) is 34.6 Å². The summed E-state index contributed by atoms with van der Waals surface area (Å²) in [5.41, 5.74) is -0.253. The SMILES string of the molecule is COc1cc2c(c3c1c(=O)c1cc4ccccc4cc1n3C)[C@H](OC(C=O)CCC(=O)O)[C@H](OC(C=O)CCC(=O)O)C(C)(C)O2. The topological polar surface area (TPSA) is 168 Å². The molecule has 242 valence electrons. The number of ether oxygens (including phenoxy) is 4. The van der Waals surface area contributed by atoms with Crippen LogP contribution in [0.1, 0.15) is 51.2 Å². The first-order valence-corrected chi connectivity index (χ1v) is 14.8. The second-order valence-electron chi connectivity index (χ2n) is 11.9. The molecule has 2 N–H and O–H groups in total. The van der Waals surface area contributed by atoms with Gasteiger partial charge in [0.05, 0.1) is 29.1 Å². The number of carbonyl (C=O) groups excluding carboxylic acids is 2. The van der Waals surface area contributed by atoms with Crippen molar-refractivity contribution in [3.8, 4) is 11.5 Å². The maximum absolute atomic E-state index is 14.3. The van der Waals surface area contributed by atoms with Gasteiger partial charge in [-0.05, 0) is 49.6 Å².